The number of rotatable bonds is 13. The number of aliphatic hydroxyl groups is 1. The van der Waals surface area contributed by atoms with E-state index in [1.165, 1.54) is 10.8 Å². The van der Waals surface area contributed by atoms with Crippen LogP contribution in [0.3, 0.4) is 0 Å². The predicted molar refractivity (Wildman–Crippen MR) is 192 cm³/mol. The molecule has 1 amide bonds. The zero-order chi connectivity index (χ0) is 33.7. The van der Waals surface area contributed by atoms with Gasteiger partial charge in [0.2, 0.25) is 5.91 Å². The lowest BCUT2D eigenvalue weighted by atomic mass is 9.95. The smallest absolute Gasteiger partial charge is 0.240 e. The Bertz CT molecular complexity index is 1650. The van der Waals surface area contributed by atoms with Crippen molar-refractivity contribution in [3.63, 3.8) is 0 Å². The van der Waals surface area contributed by atoms with Gasteiger partial charge in [-0.15, -0.1) is 5.10 Å². The molecule has 0 saturated carbocycles. The number of nitrogens with one attached hydrogen (secondary N) is 1. The van der Waals surface area contributed by atoms with Gasteiger partial charge in [-0.2, -0.15) is 0 Å². The number of carbonyl (C=O) groups excluding carboxylic acids is 1. The second kappa shape index (κ2) is 15.2. The molecule has 10 heteroatoms. The summed E-state index contributed by atoms with van der Waals surface area (Å²) in [7, 11) is -0.298. The molecule has 2 N–H and O–H groups in total. The lowest BCUT2D eigenvalue weighted by Gasteiger charge is -2.36. The number of carbonyl (C=O) groups is 1. The van der Waals surface area contributed by atoms with Crippen molar-refractivity contribution in [2.45, 2.75) is 69.5 Å². The molecule has 2 aliphatic rings. The maximum absolute atomic E-state index is 12.5. The van der Waals surface area contributed by atoms with E-state index in [1.54, 1.807) is 7.11 Å². The Morgan fingerprint density at radius 3 is 2.56 bits per heavy atom. The number of ether oxygens (including phenoxy) is 2. The minimum atomic E-state index is -2.01. The number of hydrogen-bond donors (Lipinski definition) is 2. The molecule has 1 unspecified atom stereocenters. The monoisotopic (exact) mass is 667 g/mol. The third kappa shape index (κ3) is 7.42. The molecule has 0 aliphatic carbocycles. The number of anilines is 1. The average Bonchev–Trinajstić information content (AvgIpc) is 3.71. The molecular weight excluding hydrogens is 619 g/mol. The van der Waals surface area contributed by atoms with Crippen LogP contribution in [0.1, 0.15) is 42.5 Å². The minimum absolute atomic E-state index is 0.0220. The van der Waals surface area contributed by atoms with Crippen molar-refractivity contribution in [1.29, 1.82) is 0 Å². The fourth-order valence-corrected chi connectivity index (χ4v) is 12.0. The molecule has 6 rings (SSSR count). The Hall–Kier alpha value is -3.83. The van der Waals surface area contributed by atoms with Gasteiger partial charge in [-0.3, -0.25) is 9.48 Å². The van der Waals surface area contributed by atoms with Crippen LogP contribution in [0, 0.1) is 5.92 Å². The first-order valence-electron chi connectivity index (χ1n) is 17.2. The van der Waals surface area contributed by atoms with Gasteiger partial charge in [0.1, 0.15) is 5.75 Å². The van der Waals surface area contributed by atoms with E-state index in [2.05, 4.69) is 78.1 Å². The number of methoxy groups -OCH3 is 1. The molecule has 1 aromatic heterocycles. The third-order valence-electron chi connectivity index (χ3n) is 10.5. The minimum Gasteiger partial charge on any atom is -0.497 e. The molecule has 0 bridgehead atoms. The standard InChI is InChI=1S/C38H49N5O4Si/c1-27-35(18-13-28-9-8-12-30(23-28)43-22-20-39-24-37(43)45)47-36(38(27)48(3,4)32-16-14-31(46-2)15-17-32)19-21-42-25-34(40-41-42)33(26-44)29-10-6-5-7-11-29/h5-12,14-17,23,25,27,33,35-36,38-39,44H,13,18-22,24,26H2,1-4H3/t27-,33?,35+,36-,38+/m0/s1. The van der Waals surface area contributed by atoms with E-state index >= 15 is 0 Å². The maximum Gasteiger partial charge on any atom is 0.240 e. The average molecular weight is 668 g/mol. The van der Waals surface area contributed by atoms with Gasteiger partial charge >= 0.3 is 0 Å². The number of aryl methyl sites for hydroxylation is 2. The molecule has 0 radical (unpaired) electrons. The first-order chi connectivity index (χ1) is 23.3. The molecule has 5 atom stereocenters. The summed E-state index contributed by atoms with van der Waals surface area (Å²) in [5, 5.41) is 23.7. The lowest BCUT2D eigenvalue weighted by Crippen LogP contribution is -2.50. The Morgan fingerprint density at radius 1 is 1.04 bits per heavy atom. The molecule has 2 saturated heterocycles. The molecule has 3 heterocycles. The summed E-state index contributed by atoms with van der Waals surface area (Å²) >= 11 is 0. The summed E-state index contributed by atoms with van der Waals surface area (Å²) in [4.78, 5) is 14.4. The molecule has 2 aliphatic heterocycles. The molecule has 3 aromatic carbocycles. The summed E-state index contributed by atoms with van der Waals surface area (Å²) in [6.07, 6.45) is 4.81. The lowest BCUT2D eigenvalue weighted by molar-refractivity contribution is -0.118. The SMILES string of the molecule is COc1ccc([Si](C)(C)[C@@H]2[C@@H](C)[C@@H](CCc3cccc(N4CCNCC4=O)c3)O[C@H]2CCn2cc(C(CO)c3ccccc3)nn2)cc1. The van der Waals surface area contributed by atoms with Gasteiger partial charge in [-0.1, -0.05) is 85.0 Å². The number of nitrogens with zero attached hydrogens (tertiary/aromatic N) is 4. The van der Waals surface area contributed by atoms with Gasteiger partial charge in [-0.05, 0) is 66.1 Å². The number of amides is 1. The van der Waals surface area contributed by atoms with Crippen LogP contribution >= 0.6 is 0 Å². The largest absolute Gasteiger partial charge is 0.497 e. The van der Waals surface area contributed by atoms with Crippen LogP contribution < -0.4 is 20.1 Å². The van der Waals surface area contributed by atoms with Gasteiger partial charge in [0.15, 0.2) is 0 Å². The zero-order valence-corrected chi connectivity index (χ0v) is 29.6. The van der Waals surface area contributed by atoms with Crippen LogP contribution in [-0.2, 0) is 22.5 Å². The Morgan fingerprint density at radius 2 is 1.83 bits per heavy atom. The second-order valence-electron chi connectivity index (χ2n) is 13.8. The fraction of sp³-hybridized carbons (Fsp3) is 0.447. The van der Waals surface area contributed by atoms with Crippen LogP contribution in [0.25, 0.3) is 0 Å². The number of aliphatic hydroxyl groups excluding tert-OH is 1. The highest BCUT2D eigenvalue weighted by Crippen LogP contribution is 2.46. The number of benzene rings is 3. The van der Waals surface area contributed by atoms with E-state index in [-0.39, 0.29) is 30.6 Å². The van der Waals surface area contributed by atoms with E-state index in [0.29, 0.717) is 31.1 Å². The summed E-state index contributed by atoms with van der Waals surface area (Å²) in [5.41, 5.74) is 4.41. The quantitative estimate of drug-likeness (QED) is 0.198. The molecule has 0 spiro atoms. The van der Waals surface area contributed by atoms with E-state index < -0.39 is 8.07 Å². The van der Waals surface area contributed by atoms with Crippen molar-refractivity contribution in [2.75, 3.05) is 38.3 Å². The normalized spacial score (nSPS) is 22.2. The van der Waals surface area contributed by atoms with Gasteiger partial charge in [0.25, 0.3) is 0 Å². The molecule has 254 valence electrons. The Labute approximate surface area is 285 Å². The van der Waals surface area contributed by atoms with Crippen LogP contribution in [0.4, 0.5) is 5.69 Å². The van der Waals surface area contributed by atoms with Crippen molar-refractivity contribution in [3.8, 4) is 5.75 Å². The van der Waals surface area contributed by atoms with Crippen LogP contribution in [0.5, 0.6) is 5.75 Å². The van der Waals surface area contributed by atoms with Gasteiger partial charge in [0.05, 0.1) is 52.2 Å². The van der Waals surface area contributed by atoms with Crippen LogP contribution in [0.2, 0.25) is 18.6 Å². The molecular formula is C38H49N5O4Si. The van der Waals surface area contributed by atoms with E-state index in [0.717, 1.165) is 48.5 Å². The van der Waals surface area contributed by atoms with Crippen molar-refractivity contribution in [1.82, 2.24) is 20.3 Å². The van der Waals surface area contributed by atoms with Crippen LogP contribution in [0.15, 0.2) is 85.1 Å². The maximum atomic E-state index is 12.5. The first-order valence-corrected chi connectivity index (χ1v) is 20.3. The fourth-order valence-electron chi connectivity index (χ4n) is 7.88. The highest BCUT2D eigenvalue weighted by atomic mass is 28.3. The van der Waals surface area contributed by atoms with Crippen molar-refractivity contribution in [2.24, 2.45) is 5.92 Å². The second-order valence-corrected chi connectivity index (χ2v) is 18.5. The molecule has 2 fully saturated rings. The van der Waals surface area contributed by atoms with Crippen molar-refractivity contribution < 1.29 is 19.4 Å². The van der Waals surface area contributed by atoms with Gasteiger partial charge in [-0.25, -0.2) is 0 Å². The highest BCUT2D eigenvalue weighted by molar-refractivity contribution is 6.91. The van der Waals surface area contributed by atoms with Gasteiger partial charge in [0, 0.05) is 31.5 Å². The third-order valence-corrected chi connectivity index (χ3v) is 14.9. The summed E-state index contributed by atoms with van der Waals surface area (Å²) in [6.45, 7) is 9.89. The van der Waals surface area contributed by atoms with Crippen LogP contribution in [-0.4, -0.2) is 79.6 Å². The number of hydrogen-bond acceptors (Lipinski definition) is 7. The van der Waals surface area contributed by atoms with E-state index in [1.807, 2.05) is 52.2 Å². The Kier molecular flexibility index (Phi) is 10.7. The van der Waals surface area contributed by atoms with Crippen molar-refractivity contribution in [3.05, 3.63) is 102 Å². The highest BCUT2D eigenvalue weighted by Gasteiger charge is 2.50. The summed E-state index contributed by atoms with van der Waals surface area (Å²) < 4.78 is 14.4. The van der Waals surface area contributed by atoms with E-state index in [4.69, 9.17) is 9.47 Å². The molecule has 4 aromatic rings. The first kappa shape index (κ1) is 34.0. The summed E-state index contributed by atoms with van der Waals surface area (Å²) in [6, 6.07) is 27.1. The Balaban J connectivity index is 1.19. The molecule has 9 nitrogen and oxygen atoms in total. The summed E-state index contributed by atoms with van der Waals surface area (Å²) in [5.74, 6) is 1.16. The van der Waals surface area contributed by atoms with E-state index in [9.17, 15) is 9.90 Å². The number of piperazine rings is 1. The molecule has 48 heavy (non-hydrogen) atoms. The predicted octanol–water partition coefficient (Wildman–Crippen LogP) is 4.76. The number of aromatic nitrogens is 3. The van der Waals surface area contributed by atoms with Crippen molar-refractivity contribution >= 4 is 24.9 Å². The van der Waals surface area contributed by atoms with Gasteiger partial charge < -0.3 is 24.8 Å². The topological polar surface area (TPSA) is 102 Å². The zero-order valence-electron chi connectivity index (χ0n) is 28.6.